The van der Waals surface area contributed by atoms with Gasteiger partial charge in [0.15, 0.2) is 0 Å². The van der Waals surface area contributed by atoms with Crippen molar-refractivity contribution in [2.75, 3.05) is 32.8 Å². The van der Waals surface area contributed by atoms with Crippen LogP contribution in [0, 0.1) is 5.92 Å². The van der Waals surface area contributed by atoms with E-state index < -0.39 is 0 Å². The zero-order valence-electron chi connectivity index (χ0n) is 12.1. The van der Waals surface area contributed by atoms with E-state index in [1.165, 1.54) is 6.42 Å². The van der Waals surface area contributed by atoms with Gasteiger partial charge in [0.05, 0.1) is 5.92 Å². The smallest absolute Gasteiger partial charge is 0.227 e. The first-order chi connectivity index (χ1) is 9.75. The van der Waals surface area contributed by atoms with Crippen molar-refractivity contribution in [1.82, 2.24) is 9.80 Å². The van der Waals surface area contributed by atoms with Crippen LogP contribution in [-0.2, 0) is 14.3 Å². The molecule has 0 radical (unpaired) electrons. The van der Waals surface area contributed by atoms with Crippen molar-refractivity contribution in [2.24, 2.45) is 5.92 Å². The maximum absolute atomic E-state index is 12.5. The van der Waals surface area contributed by atoms with Gasteiger partial charge in [0.1, 0.15) is 0 Å². The number of hydrogen-bond acceptors (Lipinski definition) is 3. The van der Waals surface area contributed by atoms with Crippen LogP contribution in [0.3, 0.4) is 0 Å². The fourth-order valence-corrected chi connectivity index (χ4v) is 3.62. The van der Waals surface area contributed by atoms with Gasteiger partial charge in [-0.3, -0.25) is 9.59 Å². The summed E-state index contributed by atoms with van der Waals surface area (Å²) in [5.74, 6) is 0.253. The number of piperidine rings is 1. The molecule has 0 spiro atoms. The monoisotopic (exact) mass is 280 g/mol. The van der Waals surface area contributed by atoms with Gasteiger partial charge in [-0.1, -0.05) is 0 Å². The van der Waals surface area contributed by atoms with E-state index in [1.807, 2.05) is 9.80 Å². The van der Waals surface area contributed by atoms with Crippen LogP contribution in [0.5, 0.6) is 0 Å². The van der Waals surface area contributed by atoms with Gasteiger partial charge in [0.2, 0.25) is 11.8 Å². The number of amides is 2. The molecule has 0 bridgehead atoms. The van der Waals surface area contributed by atoms with E-state index in [0.717, 1.165) is 52.0 Å². The number of nitrogens with zero attached hydrogens (tertiary/aromatic N) is 2. The van der Waals surface area contributed by atoms with Crippen LogP contribution >= 0.6 is 0 Å². The molecule has 0 saturated carbocycles. The van der Waals surface area contributed by atoms with Crippen LogP contribution in [0.2, 0.25) is 0 Å². The molecule has 5 heteroatoms. The van der Waals surface area contributed by atoms with E-state index in [2.05, 4.69) is 0 Å². The highest BCUT2D eigenvalue weighted by Gasteiger charge is 2.39. The van der Waals surface area contributed by atoms with E-state index in [9.17, 15) is 9.59 Å². The Hall–Kier alpha value is -1.10. The maximum Gasteiger partial charge on any atom is 0.227 e. The Labute approximate surface area is 120 Å². The first kappa shape index (κ1) is 13.9. The topological polar surface area (TPSA) is 49.9 Å². The van der Waals surface area contributed by atoms with Crippen LogP contribution in [0.15, 0.2) is 0 Å². The van der Waals surface area contributed by atoms with E-state index in [-0.39, 0.29) is 23.8 Å². The molecule has 3 saturated heterocycles. The molecule has 0 N–H and O–H groups in total. The van der Waals surface area contributed by atoms with Crippen LogP contribution < -0.4 is 0 Å². The molecule has 2 amide bonds. The molecule has 0 aromatic carbocycles. The fraction of sp³-hybridized carbons (Fsp3) is 0.867. The molecule has 0 aromatic heterocycles. The molecule has 0 unspecified atom stereocenters. The van der Waals surface area contributed by atoms with Gasteiger partial charge in [0, 0.05) is 45.3 Å². The Kier molecular flexibility index (Phi) is 4.24. The van der Waals surface area contributed by atoms with E-state index in [4.69, 9.17) is 4.74 Å². The Morgan fingerprint density at radius 3 is 2.50 bits per heavy atom. The second-order valence-electron chi connectivity index (χ2n) is 6.18. The number of rotatable bonds is 2. The zero-order valence-corrected chi connectivity index (χ0v) is 12.1. The molecule has 112 valence electrons. The van der Waals surface area contributed by atoms with Gasteiger partial charge in [-0.2, -0.15) is 0 Å². The lowest BCUT2D eigenvalue weighted by atomic mass is 10.0. The normalized spacial score (nSPS) is 29.0. The van der Waals surface area contributed by atoms with Crippen LogP contribution in [-0.4, -0.2) is 60.5 Å². The summed E-state index contributed by atoms with van der Waals surface area (Å²) in [5.41, 5.74) is 0. The van der Waals surface area contributed by atoms with Gasteiger partial charge in [0.25, 0.3) is 0 Å². The fourth-order valence-electron chi connectivity index (χ4n) is 3.62. The van der Waals surface area contributed by atoms with Crippen molar-refractivity contribution >= 4 is 11.8 Å². The second-order valence-corrected chi connectivity index (χ2v) is 6.18. The lowest BCUT2D eigenvalue weighted by Gasteiger charge is -2.32. The molecule has 5 nitrogen and oxygen atoms in total. The number of ether oxygens (including phenoxy) is 1. The summed E-state index contributed by atoms with van der Waals surface area (Å²) in [4.78, 5) is 28.6. The third-order valence-electron chi connectivity index (χ3n) is 4.81. The highest BCUT2D eigenvalue weighted by atomic mass is 16.5. The van der Waals surface area contributed by atoms with E-state index in [0.29, 0.717) is 13.0 Å². The first-order valence-corrected chi connectivity index (χ1v) is 7.91. The van der Waals surface area contributed by atoms with Crippen molar-refractivity contribution in [1.29, 1.82) is 0 Å². The SMILES string of the molecule is O=C([C@H]1CC(=O)N(C2CCOCC2)C1)N1CCCCC1. The molecule has 3 fully saturated rings. The maximum atomic E-state index is 12.5. The van der Waals surface area contributed by atoms with Gasteiger partial charge in [-0.15, -0.1) is 0 Å². The molecule has 20 heavy (non-hydrogen) atoms. The lowest BCUT2D eigenvalue weighted by Crippen LogP contribution is -2.43. The summed E-state index contributed by atoms with van der Waals surface area (Å²) < 4.78 is 5.35. The third-order valence-corrected chi connectivity index (χ3v) is 4.81. The molecule has 3 aliphatic heterocycles. The first-order valence-electron chi connectivity index (χ1n) is 7.91. The Morgan fingerprint density at radius 1 is 1.10 bits per heavy atom. The lowest BCUT2D eigenvalue weighted by molar-refractivity contribution is -0.136. The molecular weight excluding hydrogens is 256 g/mol. The molecule has 0 aromatic rings. The molecular formula is C15H24N2O3. The Balaban J connectivity index is 1.59. The predicted octanol–water partition coefficient (Wildman–Crippen LogP) is 1.03. The summed E-state index contributed by atoms with van der Waals surface area (Å²) in [5, 5.41) is 0. The van der Waals surface area contributed by atoms with Crippen LogP contribution in [0.1, 0.15) is 38.5 Å². The minimum absolute atomic E-state index is 0.108. The molecule has 1 atom stereocenters. The highest BCUT2D eigenvalue weighted by molar-refractivity contribution is 5.89. The average Bonchev–Trinajstić information content (AvgIpc) is 2.90. The number of likely N-dealkylation sites (tertiary alicyclic amines) is 2. The van der Waals surface area contributed by atoms with Crippen LogP contribution in [0.25, 0.3) is 0 Å². The van der Waals surface area contributed by atoms with Gasteiger partial charge in [-0.05, 0) is 32.1 Å². The predicted molar refractivity (Wildman–Crippen MR) is 74.1 cm³/mol. The largest absolute Gasteiger partial charge is 0.381 e. The van der Waals surface area contributed by atoms with Gasteiger partial charge in [-0.25, -0.2) is 0 Å². The minimum Gasteiger partial charge on any atom is -0.381 e. The Morgan fingerprint density at radius 2 is 1.80 bits per heavy atom. The molecule has 0 aliphatic carbocycles. The summed E-state index contributed by atoms with van der Waals surface area (Å²) in [7, 11) is 0. The standard InChI is InChI=1S/C15H24N2O3/c18-14-10-12(15(19)16-6-2-1-3-7-16)11-17(14)13-4-8-20-9-5-13/h12-13H,1-11H2/t12-/m0/s1. The summed E-state index contributed by atoms with van der Waals surface area (Å²) >= 11 is 0. The number of carbonyl (C=O) groups excluding carboxylic acids is 2. The van der Waals surface area contributed by atoms with Gasteiger partial charge >= 0.3 is 0 Å². The Bertz CT molecular complexity index is 373. The van der Waals surface area contributed by atoms with Crippen molar-refractivity contribution in [3.8, 4) is 0 Å². The van der Waals surface area contributed by atoms with Gasteiger partial charge < -0.3 is 14.5 Å². The zero-order chi connectivity index (χ0) is 13.9. The number of carbonyl (C=O) groups is 2. The van der Waals surface area contributed by atoms with E-state index >= 15 is 0 Å². The second kappa shape index (κ2) is 6.12. The highest BCUT2D eigenvalue weighted by Crippen LogP contribution is 2.27. The summed E-state index contributed by atoms with van der Waals surface area (Å²) in [6, 6.07) is 0.287. The third kappa shape index (κ3) is 2.82. The minimum atomic E-state index is -0.108. The summed E-state index contributed by atoms with van der Waals surface area (Å²) in [6.45, 7) is 3.85. The molecule has 3 rings (SSSR count). The molecule has 3 aliphatic rings. The van der Waals surface area contributed by atoms with Crippen LogP contribution in [0.4, 0.5) is 0 Å². The van der Waals surface area contributed by atoms with E-state index in [1.54, 1.807) is 0 Å². The average molecular weight is 280 g/mol. The van der Waals surface area contributed by atoms with Crippen molar-refractivity contribution < 1.29 is 14.3 Å². The quantitative estimate of drug-likeness (QED) is 0.759. The summed E-state index contributed by atoms with van der Waals surface area (Å²) in [6.07, 6.45) is 5.67. The number of hydrogen-bond donors (Lipinski definition) is 0. The van der Waals surface area contributed by atoms with Crippen molar-refractivity contribution in [2.45, 2.75) is 44.6 Å². The van der Waals surface area contributed by atoms with Crippen molar-refractivity contribution in [3.63, 3.8) is 0 Å². The van der Waals surface area contributed by atoms with Crippen molar-refractivity contribution in [3.05, 3.63) is 0 Å². The molecule has 3 heterocycles.